The summed E-state index contributed by atoms with van der Waals surface area (Å²) < 4.78 is 4.84. The minimum absolute atomic E-state index is 0.128. The average molecular weight is 281 g/mol. The fourth-order valence-corrected chi connectivity index (χ4v) is 1.56. The summed E-state index contributed by atoms with van der Waals surface area (Å²) in [6, 6.07) is 13.3. The molecule has 0 spiro atoms. The van der Waals surface area contributed by atoms with Crippen LogP contribution in [0.5, 0.6) is 0 Å². The lowest BCUT2D eigenvalue weighted by molar-refractivity contribution is -0.119. The van der Waals surface area contributed by atoms with E-state index in [1.165, 1.54) is 12.3 Å². The lowest BCUT2D eigenvalue weighted by Gasteiger charge is -2.07. The van der Waals surface area contributed by atoms with Crippen molar-refractivity contribution < 1.29 is 14.3 Å². The van der Waals surface area contributed by atoms with Gasteiger partial charge in [0, 0.05) is 6.20 Å². The first-order chi connectivity index (χ1) is 10.2. The highest BCUT2D eigenvalue weighted by molar-refractivity contribution is 5.95. The molecular weight excluding hydrogens is 270 g/mol. The van der Waals surface area contributed by atoms with Gasteiger partial charge >= 0.3 is 5.97 Å². The Kier molecular flexibility index (Phi) is 4.62. The van der Waals surface area contributed by atoms with E-state index in [9.17, 15) is 9.59 Å². The van der Waals surface area contributed by atoms with Crippen LogP contribution in [-0.4, -0.2) is 23.5 Å². The number of nitrogens with one attached hydrogen (secondary N) is 1. The third-order valence-corrected chi connectivity index (χ3v) is 2.53. The molecule has 1 N–H and O–H groups in total. The Bertz CT molecular complexity index is 693. The van der Waals surface area contributed by atoms with Crippen molar-refractivity contribution >= 4 is 17.6 Å². The van der Waals surface area contributed by atoms with E-state index in [0.717, 1.165) is 0 Å². The summed E-state index contributed by atoms with van der Waals surface area (Å²) in [5, 5.41) is 11.4. The predicted molar refractivity (Wildman–Crippen MR) is 74.3 cm³/mol. The number of nitrogens with zero attached hydrogens (tertiary/aromatic N) is 2. The highest BCUT2D eigenvalue weighted by Gasteiger charge is 2.12. The molecule has 1 amide bonds. The van der Waals surface area contributed by atoms with Crippen molar-refractivity contribution in [2.24, 2.45) is 0 Å². The van der Waals surface area contributed by atoms with Gasteiger partial charge in [0.05, 0.1) is 11.3 Å². The molecule has 0 saturated heterocycles. The van der Waals surface area contributed by atoms with Gasteiger partial charge in [-0.05, 0) is 24.3 Å². The van der Waals surface area contributed by atoms with Crippen LogP contribution < -0.4 is 5.32 Å². The van der Waals surface area contributed by atoms with Gasteiger partial charge in [-0.3, -0.25) is 4.79 Å². The first-order valence-corrected chi connectivity index (χ1v) is 6.08. The molecule has 104 valence electrons. The standard InChI is InChI=1S/C15H11N3O3/c16-9-11-5-1-2-6-12(11)18-14(19)10-21-15(20)13-7-3-4-8-17-13/h1-8H,10H2,(H,18,19). The normalized spacial score (nSPS) is 9.48. The minimum Gasteiger partial charge on any atom is -0.451 e. The number of hydrogen-bond acceptors (Lipinski definition) is 5. The van der Waals surface area contributed by atoms with Gasteiger partial charge < -0.3 is 10.1 Å². The van der Waals surface area contributed by atoms with Crippen molar-refractivity contribution in [3.8, 4) is 6.07 Å². The van der Waals surface area contributed by atoms with Gasteiger partial charge in [-0.1, -0.05) is 18.2 Å². The van der Waals surface area contributed by atoms with Crippen LogP contribution in [0.3, 0.4) is 0 Å². The number of benzene rings is 1. The van der Waals surface area contributed by atoms with Gasteiger partial charge in [0.15, 0.2) is 6.61 Å². The molecule has 21 heavy (non-hydrogen) atoms. The third kappa shape index (κ3) is 3.88. The third-order valence-electron chi connectivity index (χ3n) is 2.53. The van der Waals surface area contributed by atoms with Crippen LogP contribution in [0.25, 0.3) is 0 Å². The molecule has 0 aliphatic heterocycles. The highest BCUT2D eigenvalue weighted by atomic mass is 16.5. The molecule has 6 heteroatoms. The Labute approximate surface area is 121 Å². The van der Waals surface area contributed by atoms with Gasteiger partial charge in [-0.2, -0.15) is 5.26 Å². The maximum absolute atomic E-state index is 11.7. The Morgan fingerprint density at radius 2 is 1.95 bits per heavy atom. The van der Waals surface area contributed by atoms with Crippen molar-refractivity contribution in [1.82, 2.24) is 4.98 Å². The quantitative estimate of drug-likeness (QED) is 0.862. The summed E-state index contributed by atoms with van der Waals surface area (Å²) >= 11 is 0. The molecule has 0 aliphatic carbocycles. The summed E-state index contributed by atoms with van der Waals surface area (Å²) in [6.07, 6.45) is 1.46. The predicted octanol–water partition coefficient (Wildman–Crippen LogP) is 1.75. The van der Waals surface area contributed by atoms with Crippen LogP contribution in [0, 0.1) is 11.3 Å². The fourth-order valence-electron chi connectivity index (χ4n) is 1.56. The van der Waals surface area contributed by atoms with Crippen LogP contribution in [0.15, 0.2) is 48.7 Å². The first-order valence-electron chi connectivity index (χ1n) is 6.08. The smallest absolute Gasteiger partial charge is 0.357 e. The maximum atomic E-state index is 11.7. The molecule has 0 saturated carbocycles. The molecule has 0 fully saturated rings. The molecule has 0 radical (unpaired) electrons. The molecule has 0 unspecified atom stereocenters. The summed E-state index contributed by atoms with van der Waals surface area (Å²) in [6.45, 7) is -0.449. The molecule has 1 aromatic carbocycles. The monoisotopic (exact) mass is 281 g/mol. The number of anilines is 1. The van der Waals surface area contributed by atoms with Gasteiger partial charge in [-0.15, -0.1) is 0 Å². The van der Waals surface area contributed by atoms with Gasteiger partial charge in [0.1, 0.15) is 11.8 Å². The molecular formula is C15H11N3O3. The minimum atomic E-state index is -0.681. The van der Waals surface area contributed by atoms with Crippen molar-refractivity contribution in [3.05, 3.63) is 59.9 Å². The van der Waals surface area contributed by atoms with Crippen LogP contribution in [-0.2, 0) is 9.53 Å². The number of para-hydroxylation sites is 1. The summed E-state index contributed by atoms with van der Waals surface area (Å²) in [7, 11) is 0. The van der Waals surface area contributed by atoms with Crippen molar-refractivity contribution in [2.75, 3.05) is 11.9 Å². The van der Waals surface area contributed by atoms with E-state index in [1.807, 2.05) is 6.07 Å². The van der Waals surface area contributed by atoms with E-state index in [-0.39, 0.29) is 5.69 Å². The zero-order valence-corrected chi connectivity index (χ0v) is 10.9. The second-order valence-electron chi connectivity index (χ2n) is 4.00. The summed E-state index contributed by atoms with van der Waals surface area (Å²) in [4.78, 5) is 27.1. The first kappa shape index (κ1) is 14.2. The number of pyridine rings is 1. The van der Waals surface area contributed by atoms with Gasteiger partial charge in [0.25, 0.3) is 5.91 Å². The van der Waals surface area contributed by atoms with Crippen LogP contribution in [0.4, 0.5) is 5.69 Å². The number of carbonyl (C=O) groups is 2. The average Bonchev–Trinajstić information content (AvgIpc) is 2.54. The highest BCUT2D eigenvalue weighted by Crippen LogP contribution is 2.13. The Hall–Kier alpha value is -3.20. The molecule has 0 aliphatic rings. The number of rotatable bonds is 4. The van der Waals surface area contributed by atoms with Crippen molar-refractivity contribution in [1.29, 1.82) is 5.26 Å². The van der Waals surface area contributed by atoms with E-state index in [0.29, 0.717) is 11.3 Å². The lowest BCUT2D eigenvalue weighted by Crippen LogP contribution is -2.21. The fraction of sp³-hybridized carbons (Fsp3) is 0.0667. The summed E-state index contributed by atoms with van der Waals surface area (Å²) in [5.74, 6) is -1.21. The molecule has 1 heterocycles. The zero-order valence-electron chi connectivity index (χ0n) is 10.9. The topological polar surface area (TPSA) is 92.1 Å². The second kappa shape index (κ2) is 6.82. The van der Waals surface area contributed by atoms with Crippen LogP contribution in [0.2, 0.25) is 0 Å². The van der Waals surface area contributed by atoms with Gasteiger partial charge in [-0.25, -0.2) is 9.78 Å². The number of aromatic nitrogens is 1. The molecule has 0 bridgehead atoms. The number of carbonyl (C=O) groups excluding carboxylic acids is 2. The molecule has 6 nitrogen and oxygen atoms in total. The SMILES string of the molecule is N#Cc1ccccc1NC(=O)COC(=O)c1ccccn1. The number of esters is 1. The van der Waals surface area contributed by atoms with E-state index in [4.69, 9.17) is 10.00 Å². The van der Waals surface area contributed by atoms with Gasteiger partial charge in [0.2, 0.25) is 0 Å². The maximum Gasteiger partial charge on any atom is 0.357 e. The van der Waals surface area contributed by atoms with E-state index >= 15 is 0 Å². The van der Waals surface area contributed by atoms with Crippen molar-refractivity contribution in [3.63, 3.8) is 0 Å². The number of hydrogen-bond donors (Lipinski definition) is 1. The number of ether oxygens (including phenoxy) is 1. The Balaban J connectivity index is 1.91. The van der Waals surface area contributed by atoms with Crippen LogP contribution >= 0.6 is 0 Å². The van der Waals surface area contributed by atoms with Crippen molar-refractivity contribution in [2.45, 2.75) is 0 Å². The van der Waals surface area contributed by atoms with E-state index < -0.39 is 18.5 Å². The lowest BCUT2D eigenvalue weighted by atomic mass is 10.2. The van der Waals surface area contributed by atoms with Crippen LogP contribution in [0.1, 0.15) is 16.1 Å². The Morgan fingerprint density at radius 3 is 2.67 bits per heavy atom. The molecule has 2 aromatic rings. The van der Waals surface area contributed by atoms with E-state index in [2.05, 4.69) is 10.3 Å². The second-order valence-corrected chi connectivity index (χ2v) is 4.00. The molecule has 2 rings (SSSR count). The largest absolute Gasteiger partial charge is 0.451 e. The Morgan fingerprint density at radius 1 is 1.19 bits per heavy atom. The molecule has 1 aromatic heterocycles. The van der Waals surface area contributed by atoms with E-state index in [1.54, 1.807) is 36.4 Å². The molecule has 0 atom stereocenters. The zero-order chi connectivity index (χ0) is 15.1. The number of amides is 1. The number of nitriles is 1. The summed E-state index contributed by atoms with van der Waals surface area (Å²) in [5.41, 5.74) is 0.837.